The largest absolute Gasteiger partial charge is 0.443 e. The Balaban J connectivity index is 2.40. The van der Waals surface area contributed by atoms with Gasteiger partial charge in [-0.1, -0.05) is 13.8 Å². The molecule has 20 heavy (non-hydrogen) atoms. The molecule has 1 aliphatic rings. The molecule has 2 heterocycles. The smallest absolute Gasteiger partial charge is 0.414 e. The summed E-state index contributed by atoms with van der Waals surface area (Å²) < 4.78 is 5.42. The molecule has 1 aromatic rings. The van der Waals surface area contributed by atoms with Crippen LogP contribution < -0.4 is 4.90 Å². The fourth-order valence-corrected chi connectivity index (χ4v) is 2.32. The molecule has 0 saturated carbocycles. The molecule has 2 rings (SSSR count). The van der Waals surface area contributed by atoms with Crippen molar-refractivity contribution < 1.29 is 14.3 Å². The van der Waals surface area contributed by atoms with Gasteiger partial charge in [-0.3, -0.25) is 14.7 Å². The van der Waals surface area contributed by atoms with E-state index in [-0.39, 0.29) is 5.41 Å². The van der Waals surface area contributed by atoms with Crippen LogP contribution in [0.25, 0.3) is 0 Å². The number of nitrogens with zero attached hydrogens (tertiary/aromatic N) is 2. The van der Waals surface area contributed by atoms with Gasteiger partial charge in [0.2, 0.25) is 0 Å². The van der Waals surface area contributed by atoms with Gasteiger partial charge in [0.15, 0.2) is 6.29 Å². The molecule has 1 aromatic heterocycles. The van der Waals surface area contributed by atoms with Crippen molar-refractivity contribution in [3.8, 4) is 0 Å². The Bertz CT molecular complexity index is 559. The highest BCUT2D eigenvalue weighted by Crippen LogP contribution is 2.40. The van der Waals surface area contributed by atoms with Crippen LogP contribution in [0.3, 0.4) is 0 Å². The van der Waals surface area contributed by atoms with Crippen molar-refractivity contribution in [3.05, 3.63) is 23.5 Å². The number of hydrogen-bond acceptors (Lipinski definition) is 4. The van der Waals surface area contributed by atoms with E-state index in [0.29, 0.717) is 24.2 Å². The topological polar surface area (TPSA) is 59.5 Å². The Hall–Kier alpha value is -1.91. The Labute approximate surface area is 118 Å². The van der Waals surface area contributed by atoms with Crippen LogP contribution in [0.15, 0.2) is 12.3 Å². The number of hydrogen-bond donors (Lipinski definition) is 0. The first-order chi connectivity index (χ1) is 9.14. The highest BCUT2D eigenvalue weighted by molar-refractivity contribution is 5.92. The van der Waals surface area contributed by atoms with Gasteiger partial charge in [-0.2, -0.15) is 0 Å². The van der Waals surface area contributed by atoms with Crippen LogP contribution in [0.2, 0.25) is 0 Å². The summed E-state index contributed by atoms with van der Waals surface area (Å²) in [6.07, 6.45) is 1.95. The summed E-state index contributed by atoms with van der Waals surface area (Å²) in [6, 6.07) is 1.64. The van der Waals surface area contributed by atoms with E-state index in [1.165, 1.54) is 0 Å². The number of amides is 1. The molecule has 0 aromatic carbocycles. The first-order valence-corrected chi connectivity index (χ1v) is 6.60. The number of aromatic nitrogens is 1. The zero-order valence-corrected chi connectivity index (χ0v) is 12.6. The SMILES string of the molecule is CC(C)(C)OC(=O)N1CC(C)(C)c2cnc(C=O)cc21. The summed E-state index contributed by atoms with van der Waals surface area (Å²) in [4.78, 5) is 28.8. The molecule has 5 heteroatoms. The Morgan fingerprint density at radius 3 is 2.65 bits per heavy atom. The number of rotatable bonds is 1. The van der Waals surface area contributed by atoms with Gasteiger partial charge < -0.3 is 4.74 Å². The molecule has 0 aliphatic carbocycles. The number of anilines is 1. The lowest BCUT2D eigenvalue weighted by molar-refractivity contribution is 0.0579. The van der Waals surface area contributed by atoms with Crippen molar-refractivity contribution >= 4 is 18.1 Å². The van der Waals surface area contributed by atoms with Crippen molar-refractivity contribution in [2.75, 3.05) is 11.4 Å². The first-order valence-electron chi connectivity index (χ1n) is 6.60. The summed E-state index contributed by atoms with van der Waals surface area (Å²) in [7, 11) is 0. The Morgan fingerprint density at radius 1 is 1.45 bits per heavy atom. The van der Waals surface area contributed by atoms with Crippen molar-refractivity contribution in [1.29, 1.82) is 0 Å². The molecular weight excluding hydrogens is 256 g/mol. The van der Waals surface area contributed by atoms with E-state index in [1.807, 2.05) is 34.6 Å². The Morgan fingerprint density at radius 2 is 2.10 bits per heavy atom. The third-order valence-electron chi connectivity index (χ3n) is 3.21. The molecule has 0 atom stereocenters. The van der Waals surface area contributed by atoms with Crippen LogP contribution in [-0.2, 0) is 10.2 Å². The van der Waals surface area contributed by atoms with E-state index in [9.17, 15) is 9.59 Å². The normalized spacial score (nSPS) is 16.8. The highest BCUT2D eigenvalue weighted by atomic mass is 16.6. The minimum absolute atomic E-state index is 0.208. The molecule has 0 saturated heterocycles. The van der Waals surface area contributed by atoms with E-state index in [0.717, 1.165) is 5.56 Å². The molecule has 1 amide bonds. The van der Waals surface area contributed by atoms with Crippen LogP contribution in [0.5, 0.6) is 0 Å². The van der Waals surface area contributed by atoms with Gasteiger partial charge in [-0.15, -0.1) is 0 Å². The zero-order chi connectivity index (χ0) is 15.1. The molecule has 0 N–H and O–H groups in total. The van der Waals surface area contributed by atoms with Crippen molar-refractivity contribution in [1.82, 2.24) is 4.98 Å². The minimum Gasteiger partial charge on any atom is -0.443 e. The number of carbonyl (C=O) groups excluding carboxylic acids is 2. The minimum atomic E-state index is -0.551. The summed E-state index contributed by atoms with van der Waals surface area (Å²) in [5, 5.41) is 0. The number of fused-ring (bicyclic) bond motifs is 1. The summed E-state index contributed by atoms with van der Waals surface area (Å²) in [5.41, 5.74) is 1.22. The predicted molar refractivity (Wildman–Crippen MR) is 76.2 cm³/mol. The first kappa shape index (κ1) is 14.5. The molecule has 0 unspecified atom stereocenters. The van der Waals surface area contributed by atoms with Gasteiger partial charge in [0.05, 0.1) is 5.69 Å². The average molecular weight is 276 g/mol. The maximum Gasteiger partial charge on any atom is 0.414 e. The predicted octanol–water partition coefficient (Wildman–Crippen LogP) is 2.93. The lowest BCUT2D eigenvalue weighted by Gasteiger charge is -2.25. The third kappa shape index (κ3) is 2.66. The number of pyridine rings is 1. The fourth-order valence-electron chi connectivity index (χ4n) is 2.32. The third-order valence-corrected chi connectivity index (χ3v) is 3.21. The quantitative estimate of drug-likeness (QED) is 0.740. The molecule has 0 radical (unpaired) electrons. The molecule has 1 aliphatic heterocycles. The van der Waals surface area contributed by atoms with Gasteiger partial charge in [0.25, 0.3) is 0 Å². The van der Waals surface area contributed by atoms with E-state index < -0.39 is 11.7 Å². The van der Waals surface area contributed by atoms with Gasteiger partial charge >= 0.3 is 6.09 Å². The molecule has 108 valence electrons. The molecular formula is C15H20N2O3. The van der Waals surface area contributed by atoms with Crippen molar-refractivity contribution in [2.24, 2.45) is 0 Å². The van der Waals surface area contributed by atoms with E-state index >= 15 is 0 Å². The second-order valence-corrected chi connectivity index (χ2v) is 6.69. The second-order valence-electron chi connectivity index (χ2n) is 6.69. The molecule has 5 nitrogen and oxygen atoms in total. The van der Waals surface area contributed by atoms with E-state index in [2.05, 4.69) is 4.98 Å². The lowest BCUT2D eigenvalue weighted by atomic mass is 9.88. The summed E-state index contributed by atoms with van der Waals surface area (Å²) >= 11 is 0. The lowest BCUT2D eigenvalue weighted by Crippen LogP contribution is -2.38. The standard InChI is InChI=1S/C15H20N2O3/c1-14(2,3)20-13(19)17-9-15(4,5)11-7-16-10(8-18)6-12(11)17/h6-8H,9H2,1-5H3. The van der Waals surface area contributed by atoms with Crippen LogP contribution in [0.4, 0.5) is 10.5 Å². The highest BCUT2D eigenvalue weighted by Gasteiger charge is 2.40. The number of ether oxygens (including phenoxy) is 1. The fraction of sp³-hybridized carbons (Fsp3) is 0.533. The summed E-state index contributed by atoms with van der Waals surface area (Å²) in [6.45, 7) is 10.1. The van der Waals surface area contributed by atoms with Crippen LogP contribution in [0.1, 0.15) is 50.7 Å². The van der Waals surface area contributed by atoms with Gasteiger partial charge in [-0.05, 0) is 26.8 Å². The van der Waals surface area contributed by atoms with Crippen LogP contribution in [-0.4, -0.2) is 29.5 Å². The monoisotopic (exact) mass is 276 g/mol. The van der Waals surface area contributed by atoms with Gasteiger partial charge in [-0.25, -0.2) is 4.79 Å². The van der Waals surface area contributed by atoms with Crippen LogP contribution >= 0.6 is 0 Å². The Kier molecular flexibility index (Phi) is 3.32. The van der Waals surface area contributed by atoms with Crippen molar-refractivity contribution in [2.45, 2.75) is 45.6 Å². The summed E-state index contributed by atoms with van der Waals surface area (Å²) in [5.74, 6) is 0. The van der Waals surface area contributed by atoms with Crippen LogP contribution in [0, 0.1) is 0 Å². The molecule has 0 bridgehead atoms. The molecule has 0 fully saturated rings. The van der Waals surface area contributed by atoms with E-state index in [4.69, 9.17) is 4.74 Å². The average Bonchev–Trinajstić information content (AvgIpc) is 2.59. The molecule has 0 spiro atoms. The number of carbonyl (C=O) groups is 2. The van der Waals surface area contributed by atoms with Crippen molar-refractivity contribution in [3.63, 3.8) is 0 Å². The van der Waals surface area contributed by atoms with E-state index in [1.54, 1.807) is 17.2 Å². The zero-order valence-electron chi connectivity index (χ0n) is 12.6. The maximum absolute atomic E-state index is 12.3. The van der Waals surface area contributed by atoms with Gasteiger partial charge in [0.1, 0.15) is 11.3 Å². The van der Waals surface area contributed by atoms with Gasteiger partial charge in [0, 0.05) is 23.7 Å². The number of aldehydes is 1. The maximum atomic E-state index is 12.3. The second kappa shape index (κ2) is 4.58.